The van der Waals surface area contributed by atoms with Crippen molar-refractivity contribution in [1.29, 1.82) is 0 Å². The molecule has 1 aliphatic rings. The third kappa shape index (κ3) is 4.96. The number of carbonyl (C=O) groups is 2. The van der Waals surface area contributed by atoms with Gasteiger partial charge >= 0.3 is 0 Å². The number of rotatable bonds is 9. The van der Waals surface area contributed by atoms with E-state index in [-0.39, 0.29) is 16.9 Å². The molecular formula is C25H30N2O6. The van der Waals surface area contributed by atoms with Crippen LogP contribution in [0.15, 0.2) is 48.0 Å². The number of ketones is 1. The predicted molar refractivity (Wildman–Crippen MR) is 125 cm³/mol. The number of methoxy groups -OCH3 is 3. The van der Waals surface area contributed by atoms with Gasteiger partial charge in [0.25, 0.3) is 11.7 Å². The Bertz CT molecular complexity index is 1060. The van der Waals surface area contributed by atoms with Crippen LogP contribution >= 0.6 is 0 Å². The number of nitrogens with zero attached hydrogens (tertiary/aromatic N) is 2. The van der Waals surface area contributed by atoms with Crippen LogP contribution in [0.1, 0.15) is 23.6 Å². The minimum absolute atomic E-state index is 0.00431. The molecular weight excluding hydrogens is 424 g/mol. The number of ether oxygens (including phenoxy) is 3. The van der Waals surface area contributed by atoms with Gasteiger partial charge in [-0.05, 0) is 63.0 Å². The van der Waals surface area contributed by atoms with Crippen LogP contribution in [0.25, 0.3) is 5.76 Å². The summed E-state index contributed by atoms with van der Waals surface area (Å²) < 4.78 is 16.0. The molecule has 0 bridgehead atoms. The number of hydrogen-bond donors (Lipinski definition) is 1. The lowest BCUT2D eigenvalue weighted by Crippen LogP contribution is -2.32. The highest BCUT2D eigenvalue weighted by Gasteiger charge is 2.46. The van der Waals surface area contributed by atoms with Crippen molar-refractivity contribution < 1.29 is 28.9 Å². The van der Waals surface area contributed by atoms with E-state index in [1.807, 2.05) is 25.1 Å². The Labute approximate surface area is 194 Å². The lowest BCUT2D eigenvalue weighted by atomic mass is 9.94. The second kappa shape index (κ2) is 10.4. The van der Waals surface area contributed by atoms with Crippen molar-refractivity contribution in [2.75, 3.05) is 48.5 Å². The molecule has 1 N–H and O–H groups in total. The molecule has 2 aromatic carbocycles. The molecule has 1 saturated heterocycles. The van der Waals surface area contributed by atoms with Gasteiger partial charge in [-0.2, -0.15) is 0 Å². The fourth-order valence-electron chi connectivity index (χ4n) is 3.97. The number of benzene rings is 2. The van der Waals surface area contributed by atoms with E-state index in [2.05, 4.69) is 0 Å². The maximum Gasteiger partial charge on any atom is 0.295 e. The Balaban J connectivity index is 2.18. The molecule has 3 rings (SSSR count). The van der Waals surface area contributed by atoms with Crippen molar-refractivity contribution in [3.63, 3.8) is 0 Å². The molecule has 1 heterocycles. The number of aliphatic hydroxyl groups excluding tert-OH is 1. The molecule has 33 heavy (non-hydrogen) atoms. The molecule has 0 spiro atoms. The van der Waals surface area contributed by atoms with E-state index in [1.54, 1.807) is 43.5 Å². The van der Waals surface area contributed by atoms with E-state index in [0.29, 0.717) is 35.8 Å². The minimum Gasteiger partial charge on any atom is -0.507 e. The molecule has 1 aliphatic heterocycles. The van der Waals surface area contributed by atoms with E-state index < -0.39 is 17.7 Å². The van der Waals surface area contributed by atoms with Crippen LogP contribution in [-0.2, 0) is 9.59 Å². The summed E-state index contributed by atoms with van der Waals surface area (Å²) in [6.45, 7) is 1.11. The molecule has 1 atom stereocenters. The van der Waals surface area contributed by atoms with E-state index in [4.69, 9.17) is 14.2 Å². The quantitative estimate of drug-likeness (QED) is 0.354. The fraction of sp³-hybridized carbons (Fsp3) is 0.360. The number of likely N-dealkylation sites (tertiary alicyclic amines) is 1. The number of amides is 1. The van der Waals surface area contributed by atoms with E-state index in [1.165, 1.54) is 19.1 Å². The largest absolute Gasteiger partial charge is 0.507 e. The van der Waals surface area contributed by atoms with Crippen molar-refractivity contribution in [2.45, 2.75) is 12.5 Å². The van der Waals surface area contributed by atoms with Crippen molar-refractivity contribution in [3.05, 3.63) is 59.2 Å². The standard InChI is InChI=1S/C25H30N2O6/c1-26(2)12-7-13-27-22(16-8-6-9-17(14-16)31-3)21(24(29)25(27)30)23(28)19-15-18(32-4)10-11-20(19)33-5/h6,8-11,14-15,22,28H,7,12-13H2,1-5H3/b23-21+. The molecule has 2 aromatic rings. The second-order valence-corrected chi connectivity index (χ2v) is 7.99. The van der Waals surface area contributed by atoms with Crippen LogP contribution in [0.3, 0.4) is 0 Å². The molecule has 176 valence electrons. The second-order valence-electron chi connectivity index (χ2n) is 7.99. The molecule has 8 heteroatoms. The van der Waals surface area contributed by atoms with Crippen molar-refractivity contribution in [3.8, 4) is 17.2 Å². The van der Waals surface area contributed by atoms with Crippen LogP contribution in [0.5, 0.6) is 17.2 Å². The predicted octanol–water partition coefficient (Wildman–Crippen LogP) is 3.09. The number of Topliss-reactive ketones (excluding diaryl/α,β-unsaturated/α-hetero) is 1. The molecule has 1 fully saturated rings. The number of carbonyl (C=O) groups excluding carboxylic acids is 2. The summed E-state index contributed by atoms with van der Waals surface area (Å²) in [6.07, 6.45) is 0.670. The zero-order valence-electron chi connectivity index (χ0n) is 19.6. The van der Waals surface area contributed by atoms with Gasteiger partial charge in [0.15, 0.2) is 0 Å². The first-order valence-electron chi connectivity index (χ1n) is 10.6. The summed E-state index contributed by atoms with van der Waals surface area (Å²) in [5.41, 5.74) is 0.947. The van der Waals surface area contributed by atoms with Gasteiger partial charge in [0.2, 0.25) is 0 Å². The molecule has 0 aliphatic carbocycles. The fourth-order valence-corrected chi connectivity index (χ4v) is 3.97. The lowest BCUT2D eigenvalue weighted by molar-refractivity contribution is -0.139. The topological polar surface area (TPSA) is 88.5 Å². The Morgan fingerprint density at radius 1 is 1.00 bits per heavy atom. The third-order valence-corrected chi connectivity index (χ3v) is 5.62. The van der Waals surface area contributed by atoms with Gasteiger partial charge in [-0.25, -0.2) is 0 Å². The van der Waals surface area contributed by atoms with Crippen LogP contribution in [0.2, 0.25) is 0 Å². The Hall–Kier alpha value is -3.52. The van der Waals surface area contributed by atoms with Gasteiger partial charge in [-0.3, -0.25) is 9.59 Å². The van der Waals surface area contributed by atoms with Crippen molar-refractivity contribution in [1.82, 2.24) is 9.80 Å². The van der Waals surface area contributed by atoms with Crippen LogP contribution in [0.4, 0.5) is 0 Å². The third-order valence-electron chi connectivity index (χ3n) is 5.62. The maximum absolute atomic E-state index is 13.2. The highest BCUT2D eigenvalue weighted by Crippen LogP contribution is 2.42. The minimum atomic E-state index is -0.766. The summed E-state index contributed by atoms with van der Waals surface area (Å²) in [7, 11) is 8.42. The summed E-state index contributed by atoms with van der Waals surface area (Å²) in [5.74, 6) is -0.274. The zero-order chi connectivity index (χ0) is 24.1. The van der Waals surface area contributed by atoms with Crippen molar-refractivity contribution >= 4 is 17.4 Å². The molecule has 0 radical (unpaired) electrons. The summed E-state index contributed by atoms with van der Waals surface area (Å²) >= 11 is 0. The first-order valence-corrected chi connectivity index (χ1v) is 10.6. The molecule has 0 saturated carbocycles. The van der Waals surface area contributed by atoms with Crippen LogP contribution in [0, 0.1) is 0 Å². The zero-order valence-corrected chi connectivity index (χ0v) is 19.6. The van der Waals surface area contributed by atoms with Gasteiger partial charge in [0.05, 0.1) is 38.5 Å². The van der Waals surface area contributed by atoms with Gasteiger partial charge < -0.3 is 29.1 Å². The Morgan fingerprint density at radius 3 is 2.33 bits per heavy atom. The normalized spacial score (nSPS) is 17.5. The van der Waals surface area contributed by atoms with Gasteiger partial charge in [0, 0.05) is 6.54 Å². The SMILES string of the molecule is COc1cccc(C2/C(=C(\O)c3cc(OC)ccc3OC)C(=O)C(=O)N2CCCN(C)C)c1. The van der Waals surface area contributed by atoms with Crippen LogP contribution in [-0.4, -0.2) is 75.1 Å². The smallest absolute Gasteiger partial charge is 0.295 e. The highest BCUT2D eigenvalue weighted by molar-refractivity contribution is 6.46. The van der Waals surface area contributed by atoms with E-state index >= 15 is 0 Å². The van der Waals surface area contributed by atoms with Crippen LogP contribution < -0.4 is 14.2 Å². The summed E-state index contributed by atoms with van der Waals surface area (Å²) in [6, 6.07) is 11.3. The molecule has 1 unspecified atom stereocenters. The summed E-state index contributed by atoms with van der Waals surface area (Å²) in [5, 5.41) is 11.3. The lowest BCUT2D eigenvalue weighted by Gasteiger charge is -2.26. The molecule has 0 aromatic heterocycles. The highest BCUT2D eigenvalue weighted by atomic mass is 16.5. The molecule has 8 nitrogen and oxygen atoms in total. The van der Waals surface area contributed by atoms with E-state index in [0.717, 1.165) is 6.54 Å². The first-order chi connectivity index (χ1) is 15.8. The first kappa shape index (κ1) is 24.1. The monoisotopic (exact) mass is 454 g/mol. The Kier molecular flexibility index (Phi) is 7.60. The Morgan fingerprint density at radius 2 is 1.70 bits per heavy atom. The summed E-state index contributed by atoms with van der Waals surface area (Å²) in [4.78, 5) is 29.8. The molecule has 1 amide bonds. The maximum atomic E-state index is 13.2. The van der Waals surface area contributed by atoms with Gasteiger partial charge in [-0.15, -0.1) is 0 Å². The van der Waals surface area contributed by atoms with Gasteiger partial charge in [0.1, 0.15) is 23.0 Å². The number of hydrogen-bond acceptors (Lipinski definition) is 7. The van der Waals surface area contributed by atoms with Gasteiger partial charge in [-0.1, -0.05) is 12.1 Å². The average molecular weight is 455 g/mol. The average Bonchev–Trinajstić information content (AvgIpc) is 3.08. The van der Waals surface area contributed by atoms with E-state index in [9.17, 15) is 14.7 Å². The number of aliphatic hydroxyl groups is 1. The van der Waals surface area contributed by atoms with Crippen molar-refractivity contribution in [2.24, 2.45) is 0 Å².